The van der Waals surface area contributed by atoms with Crippen LogP contribution in [-0.4, -0.2) is 32.8 Å². The number of aliphatic hydroxyl groups excluding tert-OH is 1. The van der Waals surface area contributed by atoms with Gasteiger partial charge in [-0.1, -0.05) is 18.2 Å². The summed E-state index contributed by atoms with van der Waals surface area (Å²) in [6.07, 6.45) is -0.202. The quantitative estimate of drug-likeness (QED) is 0.816. The van der Waals surface area contributed by atoms with Crippen molar-refractivity contribution < 1.29 is 18.3 Å². The minimum absolute atomic E-state index is 0.175. The third-order valence-electron chi connectivity index (χ3n) is 3.04. The molecule has 0 fully saturated rings. The number of sulfonamides is 1. The largest absolute Gasteiger partial charge is 0.391 e. The second kappa shape index (κ2) is 6.85. The van der Waals surface area contributed by atoms with E-state index in [4.69, 9.17) is 4.74 Å². The lowest BCUT2D eigenvalue weighted by Gasteiger charge is -2.13. The van der Waals surface area contributed by atoms with Crippen LogP contribution in [0.5, 0.6) is 0 Å². The second-order valence-electron chi connectivity index (χ2n) is 4.63. The van der Waals surface area contributed by atoms with Crippen molar-refractivity contribution in [2.75, 3.05) is 13.2 Å². The van der Waals surface area contributed by atoms with Crippen LogP contribution in [0.25, 0.3) is 10.1 Å². The van der Waals surface area contributed by atoms with E-state index < -0.39 is 10.0 Å². The van der Waals surface area contributed by atoms with Crippen molar-refractivity contribution in [2.24, 2.45) is 0 Å². The molecule has 1 atom stereocenters. The number of fused-ring (bicyclic) bond motifs is 1. The monoisotopic (exact) mass is 329 g/mol. The van der Waals surface area contributed by atoms with Crippen LogP contribution in [0.3, 0.4) is 0 Å². The Hall–Kier alpha value is -0.990. The fraction of sp³-hybridized carbons (Fsp3) is 0.429. The van der Waals surface area contributed by atoms with Crippen molar-refractivity contribution in [3.63, 3.8) is 0 Å². The van der Waals surface area contributed by atoms with Gasteiger partial charge in [-0.3, -0.25) is 0 Å². The molecule has 1 heterocycles. The van der Waals surface area contributed by atoms with Gasteiger partial charge in [-0.2, -0.15) is 0 Å². The fourth-order valence-corrected chi connectivity index (χ4v) is 5.02. The molecule has 0 saturated heterocycles. The van der Waals surface area contributed by atoms with Gasteiger partial charge in [0.1, 0.15) is 4.90 Å². The Kier molecular flexibility index (Phi) is 5.34. The number of nitrogens with one attached hydrogen (secondary N) is 1. The zero-order valence-electron chi connectivity index (χ0n) is 12.0. The summed E-state index contributed by atoms with van der Waals surface area (Å²) < 4.78 is 33.8. The number of aliphatic hydroxyl groups is 1. The highest BCUT2D eigenvalue weighted by Gasteiger charge is 2.24. The first-order valence-electron chi connectivity index (χ1n) is 6.72. The minimum atomic E-state index is -3.68. The molecule has 0 aliphatic heterocycles. The number of benzene rings is 1. The highest BCUT2D eigenvalue weighted by Crippen LogP contribution is 2.34. The van der Waals surface area contributed by atoms with Gasteiger partial charge in [0.2, 0.25) is 10.0 Å². The van der Waals surface area contributed by atoms with Crippen LogP contribution in [0.4, 0.5) is 0 Å². The van der Waals surface area contributed by atoms with Gasteiger partial charge in [0.25, 0.3) is 0 Å². The molecule has 5 nitrogen and oxygen atoms in total. The van der Waals surface area contributed by atoms with E-state index in [0.29, 0.717) is 16.9 Å². The molecule has 1 aromatic carbocycles. The predicted octanol–water partition coefficient (Wildman–Crippen LogP) is 2.10. The van der Waals surface area contributed by atoms with Gasteiger partial charge in [-0.15, -0.1) is 11.3 Å². The highest BCUT2D eigenvalue weighted by atomic mass is 32.2. The molecule has 0 saturated carbocycles. The van der Waals surface area contributed by atoms with Gasteiger partial charge >= 0.3 is 0 Å². The molecule has 2 rings (SSSR count). The topological polar surface area (TPSA) is 75.6 Å². The highest BCUT2D eigenvalue weighted by molar-refractivity contribution is 7.90. The molecule has 0 aliphatic carbocycles. The average Bonchev–Trinajstić information content (AvgIpc) is 2.85. The van der Waals surface area contributed by atoms with E-state index in [1.165, 1.54) is 11.3 Å². The lowest BCUT2D eigenvalue weighted by atomic mass is 10.2. The number of ether oxygens (including phenoxy) is 1. The number of hydrogen-bond acceptors (Lipinski definition) is 5. The summed E-state index contributed by atoms with van der Waals surface area (Å²) in [5.41, 5.74) is 0. The van der Waals surface area contributed by atoms with Crippen molar-refractivity contribution in [2.45, 2.75) is 31.5 Å². The third kappa shape index (κ3) is 3.61. The zero-order valence-corrected chi connectivity index (χ0v) is 13.6. The first-order valence-corrected chi connectivity index (χ1v) is 9.02. The van der Waals surface area contributed by atoms with E-state index in [1.54, 1.807) is 12.1 Å². The van der Waals surface area contributed by atoms with Crippen molar-refractivity contribution in [1.82, 2.24) is 4.72 Å². The molecule has 7 heteroatoms. The van der Waals surface area contributed by atoms with Crippen molar-refractivity contribution in [3.8, 4) is 0 Å². The van der Waals surface area contributed by atoms with Crippen molar-refractivity contribution in [3.05, 3.63) is 29.1 Å². The van der Waals surface area contributed by atoms with Crippen molar-refractivity contribution in [1.29, 1.82) is 0 Å². The maximum atomic E-state index is 12.5. The van der Waals surface area contributed by atoms with E-state index in [1.807, 2.05) is 26.0 Å². The Morgan fingerprint density at radius 2 is 2.10 bits per heavy atom. The van der Waals surface area contributed by atoms with Gasteiger partial charge in [-0.25, -0.2) is 13.1 Å². The Morgan fingerprint density at radius 3 is 2.76 bits per heavy atom. The lowest BCUT2D eigenvalue weighted by molar-refractivity contribution is 0.0799. The van der Waals surface area contributed by atoms with Crippen LogP contribution < -0.4 is 4.72 Å². The van der Waals surface area contributed by atoms with E-state index in [-0.39, 0.29) is 24.2 Å². The summed E-state index contributed by atoms with van der Waals surface area (Å²) in [7, 11) is -3.68. The summed E-state index contributed by atoms with van der Waals surface area (Å²) in [4.78, 5) is 0.627. The van der Waals surface area contributed by atoms with Crippen LogP contribution in [0.2, 0.25) is 0 Å². The Morgan fingerprint density at radius 1 is 1.38 bits per heavy atom. The molecular weight excluding hydrogens is 310 g/mol. The molecule has 0 amide bonds. The van der Waals surface area contributed by atoms with Crippen LogP contribution >= 0.6 is 11.3 Å². The van der Waals surface area contributed by atoms with Gasteiger partial charge in [0.15, 0.2) is 0 Å². The van der Waals surface area contributed by atoms with Crippen LogP contribution in [0.1, 0.15) is 18.7 Å². The normalized spacial score (nSPS) is 13.7. The second-order valence-corrected chi connectivity index (χ2v) is 7.47. The molecule has 116 valence electrons. The van der Waals surface area contributed by atoms with Gasteiger partial charge < -0.3 is 9.84 Å². The maximum Gasteiger partial charge on any atom is 0.242 e. The van der Waals surface area contributed by atoms with Crippen LogP contribution in [0, 0.1) is 0 Å². The average molecular weight is 329 g/mol. The third-order valence-corrected chi connectivity index (χ3v) is 5.88. The van der Waals surface area contributed by atoms with E-state index >= 15 is 0 Å². The van der Waals surface area contributed by atoms with Crippen LogP contribution in [-0.2, 0) is 21.4 Å². The molecule has 0 radical (unpaired) electrons. The smallest absolute Gasteiger partial charge is 0.242 e. The Labute approximate surface area is 128 Å². The van der Waals surface area contributed by atoms with E-state index in [0.717, 1.165) is 4.70 Å². The number of thiophene rings is 1. The molecule has 0 bridgehead atoms. The Bertz CT molecular complexity index is 709. The first-order chi connectivity index (χ1) is 9.99. The summed E-state index contributed by atoms with van der Waals surface area (Å²) in [6, 6.07) is 7.24. The van der Waals surface area contributed by atoms with Crippen molar-refractivity contribution >= 4 is 31.4 Å². The summed E-state index contributed by atoms with van der Waals surface area (Å²) in [6.45, 7) is 4.11. The molecule has 2 N–H and O–H groups in total. The van der Waals surface area contributed by atoms with Gasteiger partial charge in [0, 0.05) is 23.2 Å². The molecular formula is C14H19NO4S2. The van der Waals surface area contributed by atoms with Crippen LogP contribution in [0.15, 0.2) is 29.2 Å². The fourth-order valence-electron chi connectivity index (χ4n) is 2.11. The SMILES string of the molecule is CCOC(C)CNS(=O)(=O)c1c(CO)sc2ccccc12. The molecule has 1 unspecified atom stereocenters. The maximum absolute atomic E-state index is 12.5. The van der Waals surface area contributed by atoms with E-state index in [9.17, 15) is 13.5 Å². The summed E-state index contributed by atoms with van der Waals surface area (Å²) in [5.74, 6) is 0. The predicted molar refractivity (Wildman–Crippen MR) is 84.0 cm³/mol. The molecule has 21 heavy (non-hydrogen) atoms. The minimum Gasteiger partial charge on any atom is -0.391 e. The lowest BCUT2D eigenvalue weighted by Crippen LogP contribution is -2.32. The van der Waals surface area contributed by atoms with Gasteiger partial charge in [0.05, 0.1) is 17.6 Å². The van der Waals surface area contributed by atoms with Gasteiger partial charge in [-0.05, 0) is 19.9 Å². The molecule has 1 aromatic heterocycles. The summed E-state index contributed by atoms with van der Waals surface area (Å²) >= 11 is 1.29. The number of rotatable bonds is 7. The Balaban J connectivity index is 2.35. The van der Waals surface area contributed by atoms with E-state index in [2.05, 4.69) is 4.72 Å². The molecule has 0 aliphatic rings. The number of hydrogen-bond donors (Lipinski definition) is 2. The standard InChI is InChI=1S/C14H19NO4S2/c1-3-19-10(2)8-15-21(17,18)14-11-6-4-5-7-12(11)20-13(14)9-16/h4-7,10,15-16H,3,8-9H2,1-2H3. The first kappa shape index (κ1) is 16.4. The molecule has 0 spiro atoms. The zero-order chi connectivity index (χ0) is 15.5. The summed E-state index contributed by atoms with van der Waals surface area (Å²) in [5, 5.41) is 10.1. The molecule has 2 aromatic rings.